The summed E-state index contributed by atoms with van der Waals surface area (Å²) in [5, 5.41) is 9.64. The number of alkyl halides is 3. The number of hydrogen-bond acceptors (Lipinski definition) is 4. The van der Waals surface area contributed by atoms with Crippen LogP contribution in [-0.4, -0.2) is 57.2 Å². The summed E-state index contributed by atoms with van der Waals surface area (Å²) in [6.07, 6.45) is 0.966. The van der Waals surface area contributed by atoms with E-state index in [0.29, 0.717) is 24.1 Å². The first-order chi connectivity index (χ1) is 19.5. The zero-order valence-electron chi connectivity index (χ0n) is 23.1. The van der Waals surface area contributed by atoms with Crippen molar-refractivity contribution < 1.29 is 31.9 Å². The summed E-state index contributed by atoms with van der Waals surface area (Å²) >= 11 is 0. The number of anilines is 1. The largest absolute Gasteiger partial charge is 0.408 e. The maximum Gasteiger partial charge on any atom is 0.408 e. The third-order valence-electron chi connectivity index (χ3n) is 8.57. The van der Waals surface area contributed by atoms with Crippen LogP contribution in [0, 0.1) is 23.6 Å². The first kappa shape index (κ1) is 29.1. The first-order valence-electron chi connectivity index (χ1n) is 14.3. The molecule has 1 aromatic heterocycles. The van der Waals surface area contributed by atoms with E-state index < -0.39 is 47.7 Å². The summed E-state index contributed by atoms with van der Waals surface area (Å²) in [4.78, 5) is 40.5. The lowest BCUT2D eigenvalue weighted by atomic mass is 9.88. The van der Waals surface area contributed by atoms with Gasteiger partial charge in [0.1, 0.15) is 23.6 Å². The van der Waals surface area contributed by atoms with E-state index in [1.807, 2.05) is 6.92 Å². The number of benzene rings is 1. The minimum atomic E-state index is -4.52. The van der Waals surface area contributed by atoms with Gasteiger partial charge in [0, 0.05) is 19.3 Å². The molecule has 3 atom stereocenters. The normalized spacial score (nSPS) is 20.7. The number of likely N-dealkylation sites (tertiary alicyclic amines) is 1. The lowest BCUT2D eigenvalue weighted by Crippen LogP contribution is -2.50. The van der Waals surface area contributed by atoms with E-state index in [4.69, 9.17) is 0 Å². The fourth-order valence-electron chi connectivity index (χ4n) is 6.10. The van der Waals surface area contributed by atoms with Crippen LogP contribution in [0.5, 0.6) is 0 Å². The number of amides is 3. The van der Waals surface area contributed by atoms with Crippen molar-refractivity contribution in [3.05, 3.63) is 47.5 Å². The lowest BCUT2D eigenvalue weighted by Gasteiger charge is -2.29. The van der Waals surface area contributed by atoms with Crippen LogP contribution in [0.15, 0.2) is 30.5 Å². The summed E-state index contributed by atoms with van der Waals surface area (Å²) in [7, 11) is 0. The average molecular weight is 578 g/mol. The lowest BCUT2D eigenvalue weighted by molar-refractivity contribution is -0.183. The van der Waals surface area contributed by atoms with Gasteiger partial charge in [0.2, 0.25) is 11.8 Å². The van der Waals surface area contributed by atoms with Crippen molar-refractivity contribution in [3.63, 3.8) is 0 Å². The Bertz CT molecular complexity index is 1290. The van der Waals surface area contributed by atoms with Crippen molar-refractivity contribution in [3.8, 4) is 0 Å². The highest BCUT2D eigenvalue weighted by molar-refractivity contribution is 6.01. The molecule has 0 bridgehead atoms. The molecule has 1 aliphatic heterocycles. The quantitative estimate of drug-likeness (QED) is 0.394. The number of hydrogen-bond donors (Lipinski definition) is 2. The summed E-state index contributed by atoms with van der Waals surface area (Å²) in [5.74, 6) is -2.95. The second kappa shape index (κ2) is 11.4. The van der Waals surface area contributed by atoms with Gasteiger partial charge in [-0.05, 0) is 93.9 Å². The van der Waals surface area contributed by atoms with Gasteiger partial charge in [0.15, 0.2) is 0 Å². The van der Waals surface area contributed by atoms with Gasteiger partial charge >= 0.3 is 6.18 Å². The van der Waals surface area contributed by atoms with E-state index in [9.17, 15) is 27.6 Å². The molecule has 41 heavy (non-hydrogen) atoms. The fraction of sp³-hybridized carbons (Fsp3) is 0.586. The average Bonchev–Trinajstić information content (AvgIpc) is 3.85. The molecular weight excluding hydrogens is 542 g/mol. The molecule has 2 aromatic rings. The number of aryl methyl sites for hydroxylation is 1. The van der Waals surface area contributed by atoms with Gasteiger partial charge in [-0.1, -0.05) is 6.07 Å². The van der Waals surface area contributed by atoms with Crippen molar-refractivity contribution in [1.29, 1.82) is 0 Å². The monoisotopic (exact) mass is 577 g/mol. The molecule has 12 heteroatoms. The molecule has 3 fully saturated rings. The molecule has 8 nitrogen and oxygen atoms in total. The minimum absolute atomic E-state index is 0.000714. The number of carbonyl (C=O) groups is 3. The second-order valence-electron chi connectivity index (χ2n) is 11.4. The van der Waals surface area contributed by atoms with E-state index in [1.165, 1.54) is 29.9 Å². The number of nitrogens with zero attached hydrogens (tertiary/aromatic N) is 3. The molecule has 5 rings (SSSR count). The minimum Gasteiger partial charge on any atom is -0.339 e. The summed E-state index contributed by atoms with van der Waals surface area (Å²) < 4.78 is 56.9. The molecule has 0 radical (unpaired) electrons. The van der Waals surface area contributed by atoms with Crippen LogP contribution in [0.2, 0.25) is 0 Å². The Morgan fingerprint density at radius 3 is 2.34 bits per heavy atom. The second-order valence-corrected chi connectivity index (χ2v) is 11.4. The maximum atomic E-state index is 15.2. The Hall–Kier alpha value is -3.44. The molecule has 0 spiro atoms. The molecule has 1 saturated heterocycles. The third-order valence-corrected chi connectivity index (χ3v) is 8.57. The predicted octanol–water partition coefficient (Wildman–Crippen LogP) is 4.87. The van der Waals surface area contributed by atoms with Crippen LogP contribution < -0.4 is 10.6 Å². The standard InChI is InChI=1S/C29H35F4N5O3/c1-3-38-22(12-13-34-38)26(39)36-25(24(17-6-7-17)18-8-9-18)27(40)35-21-11-10-19(15-20(21)30)16(2)28(41)37-14-4-5-23(37)29(31,32)33/h10-13,15-18,23-25H,3-9,14H2,1-2H3,(H,35,40)(H,36,39). The van der Waals surface area contributed by atoms with Gasteiger partial charge in [0.05, 0.1) is 11.6 Å². The fourth-order valence-corrected chi connectivity index (χ4v) is 6.10. The molecule has 1 aromatic carbocycles. The molecule has 3 amide bonds. The third kappa shape index (κ3) is 6.25. The number of aromatic nitrogens is 2. The van der Waals surface area contributed by atoms with Crippen molar-refractivity contribution in [2.75, 3.05) is 11.9 Å². The van der Waals surface area contributed by atoms with Crippen molar-refractivity contribution >= 4 is 23.4 Å². The summed E-state index contributed by atoms with van der Waals surface area (Å²) in [5.41, 5.74) is 0.413. The van der Waals surface area contributed by atoms with Gasteiger partial charge in [-0.2, -0.15) is 18.3 Å². The predicted molar refractivity (Wildman–Crippen MR) is 142 cm³/mol. The van der Waals surface area contributed by atoms with Gasteiger partial charge in [-0.25, -0.2) is 4.39 Å². The van der Waals surface area contributed by atoms with Crippen molar-refractivity contribution in [2.24, 2.45) is 17.8 Å². The van der Waals surface area contributed by atoms with Gasteiger partial charge in [0.25, 0.3) is 5.91 Å². The molecule has 2 aliphatic carbocycles. The smallest absolute Gasteiger partial charge is 0.339 e. The van der Waals surface area contributed by atoms with Crippen LogP contribution in [0.25, 0.3) is 0 Å². The van der Waals surface area contributed by atoms with E-state index in [2.05, 4.69) is 15.7 Å². The SMILES string of the molecule is CCn1nccc1C(=O)NC(C(=O)Nc1ccc(C(C)C(=O)N2CCCC2C(F)(F)F)cc1F)C(C1CC1)C1CC1. The van der Waals surface area contributed by atoms with Crippen molar-refractivity contribution in [1.82, 2.24) is 20.0 Å². The van der Waals surface area contributed by atoms with E-state index in [-0.39, 0.29) is 36.6 Å². The molecule has 3 unspecified atom stereocenters. The number of nitrogens with one attached hydrogen (secondary N) is 2. The highest BCUT2D eigenvalue weighted by atomic mass is 19.4. The van der Waals surface area contributed by atoms with Crippen LogP contribution in [0.3, 0.4) is 0 Å². The topological polar surface area (TPSA) is 96.3 Å². The zero-order chi connectivity index (χ0) is 29.5. The highest BCUT2D eigenvalue weighted by Crippen LogP contribution is 2.51. The Labute approximate surface area is 235 Å². The molecule has 2 N–H and O–H groups in total. The van der Waals surface area contributed by atoms with E-state index >= 15 is 4.39 Å². The van der Waals surface area contributed by atoms with Crippen molar-refractivity contribution in [2.45, 2.75) is 83.1 Å². The summed E-state index contributed by atoms with van der Waals surface area (Å²) in [6.45, 7) is 3.78. The molecule has 222 valence electrons. The zero-order valence-corrected chi connectivity index (χ0v) is 23.1. The van der Waals surface area contributed by atoms with Gasteiger partial charge in [-0.15, -0.1) is 0 Å². The Morgan fingerprint density at radius 1 is 1.07 bits per heavy atom. The molecule has 2 heterocycles. The maximum absolute atomic E-state index is 15.2. The number of halogens is 4. The van der Waals surface area contributed by atoms with Crippen LogP contribution >= 0.6 is 0 Å². The Balaban J connectivity index is 1.32. The number of rotatable bonds is 10. The molecular formula is C29H35F4N5O3. The molecule has 3 aliphatic rings. The van der Waals surface area contributed by atoms with E-state index in [1.54, 1.807) is 6.07 Å². The number of carbonyl (C=O) groups excluding carboxylic acids is 3. The molecule has 2 saturated carbocycles. The highest BCUT2D eigenvalue weighted by Gasteiger charge is 2.49. The Kier molecular flexibility index (Phi) is 8.11. The van der Waals surface area contributed by atoms with Gasteiger partial charge in [-0.3, -0.25) is 19.1 Å². The Morgan fingerprint density at radius 2 is 1.76 bits per heavy atom. The van der Waals surface area contributed by atoms with E-state index in [0.717, 1.165) is 36.6 Å². The van der Waals surface area contributed by atoms with Crippen LogP contribution in [-0.2, 0) is 16.1 Å². The van der Waals surface area contributed by atoms with Crippen LogP contribution in [0.4, 0.5) is 23.2 Å². The van der Waals surface area contributed by atoms with Crippen LogP contribution in [0.1, 0.15) is 74.3 Å². The first-order valence-corrected chi connectivity index (χ1v) is 14.3. The summed E-state index contributed by atoms with van der Waals surface area (Å²) in [6, 6.07) is 2.69. The van der Waals surface area contributed by atoms with Gasteiger partial charge < -0.3 is 15.5 Å².